The molecule has 0 atom stereocenters. The predicted octanol–water partition coefficient (Wildman–Crippen LogP) is 2.68. The average Bonchev–Trinajstić information content (AvgIpc) is 3.35. The van der Waals surface area contributed by atoms with Gasteiger partial charge in [0.1, 0.15) is 11.4 Å². The van der Waals surface area contributed by atoms with Crippen LogP contribution in [-0.2, 0) is 21.4 Å². The molecular weight excluding hydrogens is 608 g/mol. The van der Waals surface area contributed by atoms with E-state index < -0.39 is 15.7 Å². The summed E-state index contributed by atoms with van der Waals surface area (Å²) in [6.45, 7) is 3.76. The number of imidazole rings is 1. The molecule has 1 aromatic heterocycles. The molecule has 0 bridgehead atoms. The van der Waals surface area contributed by atoms with Crippen LogP contribution < -0.4 is 25.8 Å². The number of sulfonamides is 1. The lowest BCUT2D eigenvalue weighted by Crippen LogP contribution is -2.47. The van der Waals surface area contributed by atoms with E-state index in [9.17, 15) is 22.8 Å². The fraction of sp³-hybridized carbons (Fsp3) is 0.303. The molecule has 1 aliphatic heterocycles. The van der Waals surface area contributed by atoms with Crippen LogP contribution in [0.3, 0.4) is 0 Å². The Hall–Kier alpha value is -4.88. The number of hydrogen-bond donors (Lipinski definition) is 3. The van der Waals surface area contributed by atoms with E-state index >= 15 is 0 Å². The number of likely N-dealkylation sites (N-methyl/N-ethyl adjacent to an activating group) is 1. The van der Waals surface area contributed by atoms with Gasteiger partial charge in [-0.1, -0.05) is 61.5 Å². The van der Waals surface area contributed by atoms with E-state index in [4.69, 9.17) is 4.74 Å². The second kappa shape index (κ2) is 14.5. The molecule has 13 heteroatoms. The van der Waals surface area contributed by atoms with Gasteiger partial charge in [0.15, 0.2) is 6.61 Å². The van der Waals surface area contributed by atoms with Gasteiger partial charge >= 0.3 is 5.69 Å². The van der Waals surface area contributed by atoms with Crippen LogP contribution in [0.15, 0.2) is 83.7 Å². The van der Waals surface area contributed by atoms with Gasteiger partial charge in [-0.25, -0.2) is 13.2 Å². The minimum atomic E-state index is -3.71. The summed E-state index contributed by atoms with van der Waals surface area (Å²) in [5, 5.41) is 5.77. The van der Waals surface area contributed by atoms with E-state index in [0.717, 1.165) is 0 Å². The highest BCUT2D eigenvalue weighted by Gasteiger charge is 2.32. The first kappa shape index (κ1) is 32.5. The molecule has 1 aliphatic rings. The van der Waals surface area contributed by atoms with Crippen LogP contribution in [0.5, 0.6) is 5.75 Å². The fourth-order valence-electron chi connectivity index (χ4n) is 5.39. The van der Waals surface area contributed by atoms with Gasteiger partial charge in [0.2, 0.25) is 10.0 Å². The lowest BCUT2D eigenvalue weighted by Gasteiger charge is -2.28. The smallest absolute Gasteiger partial charge is 0.334 e. The second-order valence-corrected chi connectivity index (χ2v) is 12.7. The van der Waals surface area contributed by atoms with E-state index in [1.54, 1.807) is 54.3 Å². The zero-order chi connectivity index (χ0) is 32.7. The standard InChI is InChI=1S/C33H38N6O6S/c1-3-20-46(43,44)36-27-14-7-8-15-28(27)39-30(25-11-5-4-6-12-25)31(32(41)37-18-16-35-17-19-37)38(33(39)42)22-24-10-9-13-26(21-24)45-23-29(40)34-2/h4-15,21,35-36H,3,16-20,22-23H2,1-2H3,(H,34,40). The van der Waals surface area contributed by atoms with E-state index in [0.29, 0.717) is 60.9 Å². The second-order valence-electron chi connectivity index (χ2n) is 10.9. The number of hydrogen-bond acceptors (Lipinski definition) is 7. The number of ether oxygens (including phenoxy) is 1. The summed E-state index contributed by atoms with van der Waals surface area (Å²) in [6.07, 6.45) is 0.415. The number of piperazine rings is 1. The average molecular weight is 647 g/mol. The summed E-state index contributed by atoms with van der Waals surface area (Å²) in [4.78, 5) is 42.5. The number of para-hydroxylation sites is 2. The summed E-state index contributed by atoms with van der Waals surface area (Å²) in [5.41, 5.74) is 1.81. The Kier molecular flexibility index (Phi) is 10.2. The molecule has 1 saturated heterocycles. The summed E-state index contributed by atoms with van der Waals surface area (Å²) >= 11 is 0. The van der Waals surface area contributed by atoms with Gasteiger partial charge in [-0.05, 0) is 36.2 Å². The third kappa shape index (κ3) is 7.32. The molecule has 0 aliphatic carbocycles. The van der Waals surface area contributed by atoms with E-state index in [2.05, 4.69) is 15.4 Å². The number of carbonyl (C=O) groups is 2. The maximum Gasteiger partial charge on any atom is 0.334 e. The van der Waals surface area contributed by atoms with Crippen LogP contribution in [0.2, 0.25) is 0 Å². The minimum Gasteiger partial charge on any atom is -0.484 e. The molecule has 3 aromatic carbocycles. The first-order valence-electron chi connectivity index (χ1n) is 15.2. The van der Waals surface area contributed by atoms with Crippen molar-refractivity contribution in [3.63, 3.8) is 0 Å². The number of nitrogens with zero attached hydrogens (tertiary/aromatic N) is 3. The molecular formula is C33H38N6O6S. The number of nitrogens with one attached hydrogen (secondary N) is 3. The summed E-state index contributed by atoms with van der Waals surface area (Å²) in [7, 11) is -2.18. The number of amides is 2. The fourth-order valence-corrected chi connectivity index (χ4v) is 6.54. The molecule has 0 saturated carbocycles. The molecule has 0 unspecified atom stereocenters. The van der Waals surface area contributed by atoms with Crippen LogP contribution in [-0.4, -0.2) is 79.9 Å². The SMILES string of the molecule is CCCS(=O)(=O)Nc1ccccc1-n1c(-c2ccccc2)c(C(=O)N2CCNCC2)n(Cc2cccc(OCC(=O)NC)c2)c1=O. The number of aromatic nitrogens is 2. The van der Waals surface area contributed by atoms with Gasteiger partial charge < -0.3 is 20.3 Å². The van der Waals surface area contributed by atoms with Gasteiger partial charge in [0, 0.05) is 38.8 Å². The third-order valence-corrected chi connectivity index (χ3v) is 9.04. The van der Waals surface area contributed by atoms with Crippen LogP contribution in [0.1, 0.15) is 29.4 Å². The van der Waals surface area contributed by atoms with Crippen molar-refractivity contribution in [1.82, 2.24) is 24.7 Å². The van der Waals surface area contributed by atoms with Crippen molar-refractivity contribution in [1.29, 1.82) is 0 Å². The van der Waals surface area contributed by atoms with Crippen LogP contribution in [0, 0.1) is 0 Å². The van der Waals surface area contributed by atoms with Gasteiger partial charge in [-0.2, -0.15) is 0 Å². The van der Waals surface area contributed by atoms with Crippen molar-refractivity contribution in [3.05, 3.63) is 101 Å². The number of carbonyl (C=O) groups excluding carboxylic acids is 2. The zero-order valence-electron chi connectivity index (χ0n) is 25.9. The molecule has 3 N–H and O–H groups in total. The van der Waals surface area contributed by atoms with Crippen LogP contribution in [0.25, 0.3) is 16.9 Å². The molecule has 2 amide bonds. The first-order valence-corrected chi connectivity index (χ1v) is 16.8. The van der Waals surface area contributed by atoms with Gasteiger partial charge in [-0.15, -0.1) is 0 Å². The number of anilines is 1. The highest BCUT2D eigenvalue weighted by molar-refractivity contribution is 7.92. The molecule has 0 radical (unpaired) electrons. The minimum absolute atomic E-state index is 0.0136. The van der Waals surface area contributed by atoms with Crippen molar-refractivity contribution in [2.45, 2.75) is 19.9 Å². The van der Waals surface area contributed by atoms with Crippen molar-refractivity contribution in [3.8, 4) is 22.7 Å². The maximum atomic E-state index is 14.6. The predicted molar refractivity (Wildman–Crippen MR) is 177 cm³/mol. The molecule has 242 valence electrons. The van der Waals surface area contributed by atoms with Crippen LogP contribution >= 0.6 is 0 Å². The molecule has 0 spiro atoms. The van der Waals surface area contributed by atoms with E-state index in [1.807, 2.05) is 36.4 Å². The summed E-state index contributed by atoms with van der Waals surface area (Å²) < 4.78 is 36.9. The molecule has 2 heterocycles. The van der Waals surface area contributed by atoms with Gasteiger partial charge in [0.05, 0.1) is 29.4 Å². The molecule has 5 rings (SSSR count). The monoisotopic (exact) mass is 646 g/mol. The highest BCUT2D eigenvalue weighted by Crippen LogP contribution is 2.31. The normalized spacial score (nSPS) is 13.3. The molecule has 1 fully saturated rings. The number of benzene rings is 3. The number of rotatable bonds is 12. The van der Waals surface area contributed by atoms with Crippen molar-refractivity contribution >= 4 is 27.5 Å². The third-order valence-electron chi connectivity index (χ3n) is 7.57. The molecule has 4 aromatic rings. The topological polar surface area (TPSA) is 144 Å². The van der Waals surface area contributed by atoms with Gasteiger partial charge in [-0.3, -0.25) is 23.4 Å². The summed E-state index contributed by atoms with van der Waals surface area (Å²) in [5.74, 6) is -0.258. The Balaban J connectivity index is 1.73. The first-order chi connectivity index (χ1) is 22.2. The summed E-state index contributed by atoms with van der Waals surface area (Å²) in [6, 6.07) is 22.8. The Morgan fingerprint density at radius 3 is 2.39 bits per heavy atom. The largest absolute Gasteiger partial charge is 0.484 e. The molecule has 12 nitrogen and oxygen atoms in total. The van der Waals surface area contributed by atoms with Crippen molar-refractivity contribution in [2.75, 3.05) is 50.3 Å². The van der Waals surface area contributed by atoms with Crippen LogP contribution in [0.4, 0.5) is 5.69 Å². The highest BCUT2D eigenvalue weighted by atomic mass is 32.2. The van der Waals surface area contributed by atoms with Gasteiger partial charge in [0.25, 0.3) is 11.8 Å². The quantitative estimate of drug-likeness (QED) is 0.215. The van der Waals surface area contributed by atoms with Crippen molar-refractivity contribution < 1.29 is 22.7 Å². The Morgan fingerprint density at radius 1 is 0.957 bits per heavy atom. The Labute approximate surface area is 268 Å². The van der Waals surface area contributed by atoms with Crippen molar-refractivity contribution in [2.24, 2.45) is 0 Å². The molecule has 46 heavy (non-hydrogen) atoms. The van der Waals surface area contributed by atoms with E-state index in [1.165, 1.54) is 16.2 Å². The lowest BCUT2D eigenvalue weighted by atomic mass is 10.1. The Bertz CT molecular complexity index is 1860. The zero-order valence-corrected chi connectivity index (χ0v) is 26.7. The maximum absolute atomic E-state index is 14.6. The Morgan fingerprint density at radius 2 is 1.67 bits per heavy atom. The van der Waals surface area contributed by atoms with E-state index in [-0.39, 0.29) is 42.1 Å². The lowest BCUT2D eigenvalue weighted by molar-refractivity contribution is -0.122.